The Morgan fingerprint density at radius 1 is 1.16 bits per heavy atom. The minimum atomic E-state index is -4.65. The highest BCUT2D eigenvalue weighted by Gasteiger charge is 2.33. The molecule has 0 unspecified atom stereocenters. The van der Waals surface area contributed by atoms with Gasteiger partial charge in [0.15, 0.2) is 0 Å². The molecule has 0 aliphatic carbocycles. The van der Waals surface area contributed by atoms with E-state index in [1.165, 1.54) is 0 Å². The predicted molar refractivity (Wildman–Crippen MR) is 59.7 cm³/mol. The Morgan fingerprint density at radius 2 is 1.84 bits per heavy atom. The monoisotopic (exact) mass is 290 g/mol. The number of aromatic nitrogens is 1. The number of fused-ring (bicyclic) bond motifs is 1. The van der Waals surface area contributed by atoms with Crippen molar-refractivity contribution in [3.8, 4) is 0 Å². The van der Waals surface area contributed by atoms with Crippen LogP contribution in [0.5, 0.6) is 0 Å². The lowest BCUT2D eigenvalue weighted by molar-refractivity contribution is -0.136. The molecular formula is C10H5F3N2O3S. The van der Waals surface area contributed by atoms with Crippen LogP contribution < -0.4 is 0 Å². The van der Waals surface area contributed by atoms with Crippen LogP contribution in [0.1, 0.15) is 5.56 Å². The lowest BCUT2D eigenvalue weighted by Crippen LogP contribution is -2.06. The summed E-state index contributed by atoms with van der Waals surface area (Å²) in [6.07, 6.45) is -3.69. The molecule has 100 valence electrons. The van der Waals surface area contributed by atoms with Crippen LogP contribution in [0.4, 0.5) is 13.2 Å². The van der Waals surface area contributed by atoms with Crippen molar-refractivity contribution in [2.75, 3.05) is 0 Å². The molecule has 0 aliphatic rings. The number of halogens is 3. The van der Waals surface area contributed by atoms with Crippen LogP contribution in [0.25, 0.3) is 10.9 Å². The fourth-order valence-corrected chi connectivity index (χ4v) is 2.17. The van der Waals surface area contributed by atoms with E-state index in [-0.39, 0.29) is 5.52 Å². The van der Waals surface area contributed by atoms with E-state index in [0.717, 1.165) is 30.5 Å². The number of nitroso groups, excluding NO2 is 1. The van der Waals surface area contributed by atoms with Crippen molar-refractivity contribution in [2.45, 2.75) is 11.1 Å². The van der Waals surface area contributed by atoms with Crippen LogP contribution in [-0.4, -0.2) is 13.4 Å². The van der Waals surface area contributed by atoms with E-state index in [9.17, 15) is 26.5 Å². The second kappa shape index (κ2) is 4.26. The van der Waals surface area contributed by atoms with Crippen molar-refractivity contribution in [3.05, 3.63) is 40.9 Å². The molecule has 1 aromatic heterocycles. The van der Waals surface area contributed by atoms with Gasteiger partial charge in [-0.1, -0.05) is 0 Å². The summed E-state index contributed by atoms with van der Waals surface area (Å²) in [4.78, 5) is 13.3. The van der Waals surface area contributed by atoms with Gasteiger partial charge in [-0.05, 0) is 24.3 Å². The molecule has 19 heavy (non-hydrogen) atoms. The van der Waals surface area contributed by atoms with Crippen molar-refractivity contribution >= 4 is 20.9 Å². The Labute approximate surface area is 105 Å². The first kappa shape index (κ1) is 13.4. The summed E-state index contributed by atoms with van der Waals surface area (Å²) in [5, 5.41) is -0.403. The maximum absolute atomic E-state index is 12.8. The Morgan fingerprint density at radius 3 is 2.42 bits per heavy atom. The zero-order valence-electron chi connectivity index (χ0n) is 9.05. The summed E-state index contributed by atoms with van der Waals surface area (Å²) in [6, 6.07) is 3.53. The molecule has 0 bridgehead atoms. The lowest BCUT2D eigenvalue weighted by atomic mass is 10.1. The molecule has 2 rings (SSSR count). The third kappa shape index (κ3) is 2.41. The first-order valence-corrected chi connectivity index (χ1v) is 6.25. The number of nitrogens with zero attached hydrogens (tertiary/aromatic N) is 2. The van der Waals surface area contributed by atoms with E-state index in [1.807, 2.05) is 4.58 Å². The van der Waals surface area contributed by atoms with Gasteiger partial charge in [-0.2, -0.15) is 21.6 Å². The van der Waals surface area contributed by atoms with Crippen molar-refractivity contribution < 1.29 is 21.6 Å². The molecular weight excluding hydrogens is 285 g/mol. The number of alkyl halides is 3. The number of hydrogen-bond acceptors (Lipinski definition) is 4. The highest BCUT2D eigenvalue weighted by molar-refractivity contribution is 7.90. The molecule has 0 amide bonds. The summed E-state index contributed by atoms with van der Waals surface area (Å²) < 4.78 is 62.7. The minimum absolute atomic E-state index is 0.0281. The third-order valence-corrected chi connectivity index (χ3v) is 3.46. The molecule has 0 fully saturated rings. The van der Waals surface area contributed by atoms with Crippen LogP contribution in [-0.2, 0) is 16.2 Å². The predicted octanol–water partition coefficient (Wildman–Crippen LogP) is 2.71. The molecule has 0 saturated heterocycles. The van der Waals surface area contributed by atoms with E-state index in [4.69, 9.17) is 0 Å². The average Bonchev–Trinajstić information content (AvgIpc) is 2.36. The van der Waals surface area contributed by atoms with Gasteiger partial charge in [-0.25, -0.2) is 0 Å². The number of benzene rings is 1. The smallest absolute Gasteiger partial charge is 0.256 e. The second-order valence-corrected chi connectivity index (χ2v) is 5.16. The van der Waals surface area contributed by atoms with Gasteiger partial charge in [-0.15, -0.1) is 4.91 Å². The topological polar surface area (TPSA) is 76.5 Å². The Hall–Kier alpha value is -2.03. The minimum Gasteiger partial charge on any atom is -0.256 e. The van der Waals surface area contributed by atoms with Gasteiger partial charge in [0.2, 0.25) is 0 Å². The zero-order valence-corrected chi connectivity index (χ0v) is 9.86. The number of pyridine rings is 1. The molecule has 0 N–H and O–H groups in total. The maximum Gasteiger partial charge on any atom is 0.417 e. The van der Waals surface area contributed by atoms with Gasteiger partial charge in [0.1, 0.15) is 0 Å². The first-order valence-electron chi connectivity index (χ1n) is 4.81. The van der Waals surface area contributed by atoms with Crippen molar-refractivity contribution in [3.63, 3.8) is 0 Å². The highest BCUT2D eigenvalue weighted by Crippen LogP contribution is 2.34. The van der Waals surface area contributed by atoms with Gasteiger partial charge in [-0.3, -0.25) is 4.98 Å². The van der Waals surface area contributed by atoms with Gasteiger partial charge >= 0.3 is 16.2 Å². The molecule has 1 aromatic carbocycles. The Balaban J connectivity index is 2.82. The van der Waals surface area contributed by atoms with Crippen LogP contribution in [0.3, 0.4) is 0 Å². The van der Waals surface area contributed by atoms with Crippen LogP contribution in [0.2, 0.25) is 0 Å². The lowest BCUT2D eigenvalue weighted by Gasteiger charge is -2.10. The summed E-state index contributed by atoms with van der Waals surface area (Å²) >= 11 is 0. The quantitative estimate of drug-likeness (QED) is 0.797. The van der Waals surface area contributed by atoms with Crippen molar-refractivity contribution in [1.29, 1.82) is 0 Å². The summed E-state index contributed by atoms with van der Waals surface area (Å²) in [5.74, 6) is 0. The fraction of sp³-hybridized carbons (Fsp3) is 0.100. The maximum atomic E-state index is 12.8. The van der Waals surface area contributed by atoms with Crippen molar-refractivity contribution in [2.24, 2.45) is 4.58 Å². The average molecular weight is 290 g/mol. The van der Waals surface area contributed by atoms with Gasteiger partial charge in [0.05, 0.1) is 20.6 Å². The Kier molecular flexibility index (Phi) is 3.01. The second-order valence-electron chi connectivity index (χ2n) is 3.58. The summed E-state index contributed by atoms with van der Waals surface area (Å²) in [5.41, 5.74) is -1.06. The molecule has 5 nitrogen and oxygen atoms in total. The van der Waals surface area contributed by atoms with Crippen LogP contribution in [0.15, 0.2) is 39.9 Å². The highest BCUT2D eigenvalue weighted by atomic mass is 32.2. The van der Waals surface area contributed by atoms with E-state index in [1.54, 1.807) is 0 Å². The molecule has 2 aromatic rings. The Bertz CT molecular complexity index is 756. The van der Waals surface area contributed by atoms with Crippen molar-refractivity contribution in [1.82, 2.24) is 4.98 Å². The van der Waals surface area contributed by atoms with Crippen LogP contribution >= 0.6 is 0 Å². The first-order chi connectivity index (χ1) is 8.75. The van der Waals surface area contributed by atoms with E-state index in [2.05, 4.69) is 4.98 Å². The van der Waals surface area contributed by atoms with Crippen LogP contribution in [0, 0.1) is 4.91 Å². The van der Waals surface area contributed by atoms with Gasteiger partial charge < -0.3 is 0 Å². The standard InChI is InChI=1S/C10H5F3N2O3S/c11-10(12,13)8-3-4-14-9-2-1-6(5-7(8)9)19(17,18)15-16/h1-5H. The van der Waals surface area contributed by atoms with Gasteiger partial charge in [0, 0.05) is 11.6 Å². The molecule has 0 spiro atoms. The molecule has 1 heterocycles. The third-order valence-electron chi connectivity index (χ3n) is 2.41. The zero-order chi connectivity index (χ0) is 14.3. The number of sulfonamides is 1. The van der Waals surface area contributed by atoms with Gasteiger partial charge in [0.25, 0.3) is 0 Å². The molecule has 0 saturated carbocycles. The largest absolute Gasteiger partial charge is 0.417 e. The summed E-state index contributed by atoms with van der Waals surface area (Å²) in [6.45, 7) is 0. The number of hydrogen-bond donors (Lipinski definition) is 0. The number of rotatable bonds is 2. The van der Waals surface area contributed by atoms with E-state index < -0.39 is 32.0 Å². The van der Waals surface area contributed by atoms with E-state index >= 15 is 0 Å². The summed E-state index contributed by atoms with van der Waals surface area (Å²) in [7, 11) is -4.48. The molecule has 0 aliphatic heterocycles. The molecule has 9 heteroatoms. The fourth-order valence-electron chi connectivity index (χ4n) is 1.58. The van der Waals surface area contributed by atoms with E-state index in [0.29, 0.717) is 0 Å². The molecule has 0 radical (unpaired) electrons. The normalized spacial score (nSPS) is 12.6. The molecule has 0 atom stereocenters. The SMILES string of the molecule is O=NS(=O)(=O)c1ccc2nccc(C(F)(F)F)c2c1.